The van der Waals surface area contributed by atoms with Crippen LogP contribution in [0, 0.1) is 0 Å². The van der Waals surface area contributed by atoms with E-state index in [2.05, 4.69) is 0 Å². The highest BCUT2D eigenvalue weighted by atomic mass is 16.5. The molecule has 0 aromatic heterocycles. The number of fused-ring (bicyclic) bond motifs is 1. The summed E-state index contributed by atoms with van der Waals surface area (Å²) >= 11 is 0. The second kappa shape index (κ2) is 4.70. The Kier molecular flexibility index (Phi) is 3.10. The van der Waals surface area contributed by atoms with E-state index >= 15 is 0 Å². The summed E-state index contributed by atoms with van der Waals surface area (Å²) in [5.74, 6) is -0.352. The Morgan fingerprint density at radius 3 is 2.59 bits per heavy atom. The number of aliphatic carboxylic acids is 1. The zero-order valence-corrected chi connectivity index (χ0v) is 9.38. The number of hydrogen-bond donors (Lipinski definition) is 1. The molecule has 3 heteroatoms. The predicted molar refractivity (Wildman–Crippen MR) is 66.0 cm³/mol. The van der Waals surface area contributed by atoms with Gasteiger partial charge >= 0.3 is 5.97 Å². The second-order valence-electron chi connectivity index (χ2n) is 3.73. The number of hydrogen-bond acceptors (Lipinski definition) is 2. The largest absolute Gasteiger partial charge is 0.478 e. The highest BCUT2D eigenvalue weighted by Gasteiger charge is 2.00. The number of benzene rings is 2. The molecule has 0 spiro atoms. The first-order valence-corrected chi connectivity index (χ1v) is 5.22. The molecule has 0 aliphatic carbocycles. The van der Waals surface area contributed by atoms with E-state index in [4.69, 9.17) is 9.84 Å². The summed E-state index contributed by atoms with van der Waals surface area (Å²) in [6.07, 6.45) is 1.24. The monoisotopic (exact) mass is 228 g/mol. The van der Waals surface area contributed by atoms with Gasteiger partial charge in [0.25, 0.3) is 0 Å². The molecule has 0 bridgehead atoms. The third kappa shape index (κ3) is 2.64. The van der Waals surface area contributed by atoms with E-state index in [1.54, 1.807) is 0 Å². The number of carbonyl (C=O) groups is 1. The van der Waals surface area contributed by atoms with Gasteiger partial charge in [0.1, 0.15) is 12.0 Å². The van der Waals surface area contributed by atoms with Crippen molar-refractivity contribution in [3.8, 4) is 5.75 Å². The Bertz CT molecular complexity index is 585. The quantitative estimate of drug-likeness (QED) is 0.648. The third-order valence-electron chi connectivity index (χ3n) is 2.43. The van der Waals surface area contributed by atoms with Crippen LogP contribution < -0.4 is 4.74 Å². The van der Waals surface area contributed by atoms with Crippen LogP contribution in [0.3, 0.4) is 0 Å². The molecule has 0 aliphatic heterocycles. The van der Waals surface area contributed by atoms with Crippen molar-refractivity contribution in [3.05, 3.63) is 54.3 Å². The van der Waals surface area contributed by atoms with Gasteiger partial charge in [0.2, 0.25) is 0 Å². The van der Waals surface area contributed by atoms with Gasteiger partial charge in [-0.2, -0.15) is 0 Å². The topological polar surface area (TPSA) is 46.5 Å². The molecule has 3 nitrogen and oxygen atoms in total. The van der Waals surface area contributed by atoms with Crippen LogP contribution in [0.2, 0.25) is 0 Å². The van der Waals surface area contributed by atoms with Crippen molar-refractivity contribution in [2.24, 2.45) is 0 Å². The average Bonchev–Trinajstić information content (AvgIpc) is 2.35. The molecule has 0 unspecified atom stereocenters. The molecule has 2 aromatic rings. The molecular formula is C14H12O3. The Morgan fingerprint density at radius 1 is 1.18 bits per heavy atom. The molecular weight excluding hydrogens is 216 g/mol. The summed E-state index contributed by atoms with van der Waals surface area (Å²) in [4.78, 5) is 10.6. The molecule has 0 fully saturated rings. The van der Waals surface area contributed by atoms with Gasteiger partial charge in [-0.15, -0.1) is 0 Å². The standard InChI is InChI=1S/C14H12O3/c1-10(14(15)16)9-17-13-7-6-11-4-2-3-5-12(11)8-13/h2-9H,1H3,(H,15,16)/b10-9+. The number of carboxylic acid groups (broad SMARTS) is 1. The van der Waals surface area contributed by atoms with Crippen molar-refractivity contribution < 1.29 is 14.6 Å². The van der Waals surface area contributed by atoms with E-state index < -0.39 is 5.97 Å². The van der Waals surface area contributed by atoms with Crippen LogP contribution in [0.4, 0.5) is 0 Å². The fourth-order valence-electron chi connectivity index (χ4n) is 1.45. The molecule has 2 rings (SSSR count). The van der Waals surface area contributed by atoms with Crippen molar-refractivity contribution in [2.75, 3.05) is 0 Å². The van der Waals surface area contributed by atoms with E-state index in [1.165, 1.54) is 13.2 Å². The first-order valence-electron chi connectivity index (χ1n) is 5.22. The predicted octanol–water partition coefficient (Wildman–Crippen LogP) is 3.21. The average molecular weight is 228 g/mol. The highest BCUT2D eigenvalue weighted by molar-refractivity contribution is 5.85. The van der Waals surface area contributed by atoms with Crippen molar-refractivity contribution in [3.63, 3.8) is 0 Å². The fraction of sp³-hybridized carbons (Fsp3) is 0.0714. The Balaban J connectivity index is 2.25. The molecule has 1 N–H and O–H groups in total. The molecule has 0 saturated heterocycles. The lowest BCUT2D eigenvalue weighted by Gasteiger charge is -2.03. The van der Waals surface area contributed by atoms with E-state index in [0.717, 1.165) is 10.8 Å². The molecule has 86 valence electrons. The van der Waals surface area contributed by atoms with Crippen LogP contribution in [-0.4, -0.2) is 11.1 Å². The van der Waals surface area contributed by atoms with E-state index in [-0.39, 0.29) is 5.57 Å². The minimum Gasteiger partial charge on any atom is -0.478 e. The minimum absolute atomic E-state index is 0.165. The summed E-state index contributed by atoms with van der Waals surface area (Å²) in [6, 6.07) is 13.5. The zero-order chi connectivity index (χ0) is 12.3. The lowest BCUT2D eigenvalue weighted by Crippen LogP contribution is -1.98. The molecule has 0 radical (unpaired) electrons. The van der Waals surface area contributed by atoms with Crippen molar-refractivity contribution in [1.82, 2.24) is 0 Å². The molecule has 0 heterocycles. The third-order valence-corrected chi connectivity index (χ3v) is 2.43. The molecule has 17 heavy (non-hydrogen) atoms. The summed E-state index contributed by atoms with van der Waals surface area (Å²) < 4.78 is 5.29. The van der Waals surface area contributed by atoms with Gasteiger partial charge in [0.05, 0.1) is 5.57 Å². The summed E-state index contributed by atoms with van der Waals surface area (Å²) in [6.45, 7) is 1.49. The Labute approximate surface area is 99.0 Å². The smallest absolute Gasteiger partial charge is 0.334 e. The maximum Gasteiger partial charge on any atom is 0.334 e. The van der Waals surface area contributed by atoms with Crippen molar-refractivity contribution in [1.29, 1.82) is 0 Å². The van der Waals surface area contributed by atoms with Gasteiger partial charge in [0.15, 0.2) is 0 Å². The second-order valence-corrected chi connectivity index (χ2v) is 3.73. The Hall–Kier alpha value is -2.29. The van der Waals surface area contributed by atoms with Crippen LogP contribution in [-0.2, 0) is 4.79 Å². The van der Waals surface area contributed by atoms with E-state index in [0.29, 0.717) is 5.75 Å². The highest BCUT2D eigenvalue weighted by Crippen LogP contribution is 2.20. The van der Waals surface area contributed by atoms with Crippen molar-refractivity contribution >= 4 is 16.7 Å². The van der Waals surface area contributed by atoms with Gasteiger partial charge in [-0.3, -0.25) is 0 Å². The summed E-state index contributed by atoms with van der Waals surface area (Å²) in [7, 11) is 0. The fourth-order valence-corrected chi connectivity index (χ4v) is 1.45. The number of rotatable bonds is 3. The maximum absolute atomic E-state index is 10.6. The summed E-state index contributed by atoms with van der Waals surface area (Å²) in [5.41, 5.74) is 0.165. The lowest BCUT2D eigenvalue weighted by molar-refractivity contribution is -0.132. The van der Waals surface area contributed by atoms with Gasteiger partial charge in [-0.05, 0) is 29.8 Å². The maximum atomic E-state index is 10.6. The molecule has 2 aromatic carbocycles. The van der Waals surface area contributed by atoms with Crippen LogP contribution in [0.1, 0.15) is 6.92 Å². The number of ether oxygens (including phenoxy) is 1. The first-order chi connectivity index (χ1) is 8.16. The minimum atomic E-state index is -0.981. The van der Waals surface area contributed by atoms with Gasteiger partial charge in [0, 0.05) is 0 Å². The first kappa shape index (κ1) is 11.2. The van der Waals surface area contributed by atoms with Crippen LogP contribution >= 0.6 is 0 Å². The zero-order valence-electron chi connectivity index (χ0n) is 9.38. The lowest BCUT2D eigenvalue weighted by atomic mass is 10.1. The molecule has 0 aliphatic rings. The molecule has 0 amide bonds. The van der Waals surface area contributed by atoms with E-state index in [1.807, 2.05) is 42.5 Å². The van der Waals surface area contributed by atoms with Crippen LogP contribution in [0.25, 0.3) is 10.8 Å². The van der Waals surface area contributed by atoms with E-state index in [9.17, 15) is 4.79 Å². The molecule has 0 saturated carbocycles. The number of carboxylic acids is 1. The normalized spacial score (nSPS) is 11.5. The van der Waals surface area contributed by atoms with Crippen molar-refractivity contribution in [2.45, 2.75) is 6.92 Å². The molecule has 0 atom stereocenters. The van der Waals surface area contributed by atoms with Gasteiger partial charge < -0.3 is 9.84 Å². The SMILES string of the molecule is C/C(=C\Oc1ccc2ccccc2c1)C(=O)O. The van der Waals surface area contributed by atoms with Crippen LogP contribution in [0.15, 0.2) is 54.3 Å². The Morgan fingerprint density at radius 2 is 1.88 bits per heavy atom. The summed E-state index contributed by atoms with van der Waals surface area (Å²) in [5, 5.41) is 10.9. The van der Waals surface area contributed by atoms with Gasteiger partial charge in [-0.25, -0.2) is 4.79 Å². The van der Waals surface area contributed by atoms with Crippen LogP contribution in [0.5, 0.6) is 5.75 Å². The van der Waals surface area contributed by atoms with Gasteiger partial charge in [-0.1, -0.05) is 30.3 Å².